The van der Waals surface area contributed by atoms with E-state index >= 15 is 0 Å². The fourth-order valence-electron chi connectivity index (χ4n) is 4.24. The first-order valence-corrected chi connectivity index (χ1v) is 12.2. The average Bonchev–Trinajstić information content (AvgIpc) is 3.14. The van der Waals surface area contributed by atoms with Crippen LogP contribution in [0.1, 0.15) is 37.5 Å². The van der Waals surface area contributed by atoms with E-state index in [1.165, 1.54) is 0 Å². The van der Waals surface area contributed by atoms with Crippen LogP contribution in [0.2, 0.25) is 0 Å². The zero-order chi connectivity index (χ0) is 26.6. The normalized spacial score (nSPS) is 11.3. The molecule has 7 nitrogen and oxygen atoms in total. The Bertz CT molecular complexity index is 1400. The van der Waals surface area contributed by atoms with Crippen LogP contribution in [0.25, 0.3) is 22.2 Å². The minimum atomic E-state index is -0.585. The van der Waals surface area contributed by atoms with Gasteiger partial charge < -0.3 is 14.4 Å². The second kappa shape index (κ2) is 10.8. The molecule has 0 saturated heterocycles. The van der Waals surface area contributed by atoms with E-state index < -0.39 is 17.8 Å². The van der Waals surface area contributed by atoms with Gasteiger partial charge in [-0.15, -0.1) is 0 Å². The van der Waals surface area contributed by atoms with Gasteiger partial charge in [0.2, 0.25) is 0 Å². The van der Waals surface area contributed by atoms with Gasteiger partial charge in [0.05, 0.1) is 11.2 Å². The highest BCUT2D eigenvalue weighted by atomic mass is 16.6. The number of amides is 2. The maximum atomic E-state index is 12.9. The van der Waals surface area contributed by atoms with Gasteiger partial charge in [-0.05, 0) is 50.5 Å². The van der Waals surface area contributed by atoms with Gasteiger partial charge in [0.15, 0.2) is 0 Å². The van der Waals surface area contributed by atoms with Gasteiger partial charge in [-0.25, -0.2) is 19.7 Å². The van der Waals surface area contributed by atoms with Gasteiger partial charge in [-0.3, -0.25) is 0 Å². The molecule has 192 valence electrons. The van der Waals surface area contributed by atoms with E-state index in [-0.39, 0.29) is 6.61 Å². The molecule has 37 heavy (non-hydrogen) atoms. The number of aryl methyl sites for hydroxylation is 1. The molecule has 0 unspecified atom stereocenters. The number of para-hydroxylation sites is 1. The monoisotopic (exact) mass is 499 g/mol. The third kappa shape index (κ3) is 6.12. The Morgan fingerprint density at radius 1 is 0.919 bits per heavy atom. The van der Waals surface area contributed by atoms with E-state index in [1.54, 1.807) is 16.6 Å². The Morgan fingerprint density at radius 3 is 2.30 bits per heavy atom. The molecular formula is C30H33N3O4. The fraction of sp³-hybridized carbons (Fsp3) is 0.267. The topological polar surface area (TPSA) is 72.8 Å². The number of hydrogen-bond acceptors (Lipinski definition) is 4. The maximum Gasteiger partial charge on any atom is 0.426 e. The molecule has 0 bridgehead atoms. The van der Waals surface area contributed by atoms with E-state index in [9.17, 15) is 9.59 Å². The lowest BCUT2D eigenvalue weighted by atomic mass is 10.0. The molecule has 0 aliphatic carbocycles. The van der Waals surface area contributed by atoms with Gasteiger partial charge in [-0.2, -0.15) is 0 Å². The third-order valence-electron chi connectivity index (χ3n) is 5.93. The highest BCUT2D eigenvalue weighted by Gasteiger charge is 2.23. The molecule has 0 fully saturated rings. The molecule has 0 atom stereocenters. The number of nitrogens with zero attached hydrogens (tertiary/aromatic N) is 2. The number of aromatic nitrogens is 1. The summed E-state index contributed by atoms with van der Waals surface area (Å²) in [7, 11) is 1.71. The minimum Gasteiger partial charge on any atom is -0.444 e. The van der Waals surface area contributed by atoms with Crippen LogP contribution < -0.4 is 5.43 Å². The number of carbonyl (C=O) groups excluding carboxylic acids is 2. The number of hydrogen-bond donors (Lipinski definition) is 1. The molecule has 1 N–H and O–H groups in total. The maximum absolute atomic E-state index is 12.9. The van der Waals surface area contributed by atoms with Gasteiger partial charge in [0.1, 0.15) is 12.2 Å². The van der Waals surface area contributed by atoms with Crippen LogP contribution in [0.15, 0.2) is 78.9 Å². The van der Waals surface area contributed by atoms with Crippen LogP contribution in [0, 0.1) is 6.92 Å². The second-order valence-corrected chi connectivity index (χ2v) is 9.99. The van der Waals surface area contributed by atoms with Crippen LogP contribution in [0.4, 0.5) is 9.59 Å². The number of nitrogens with one attached hydrogen (secondary N) is 1. The summed E-state index contributed by atoms with van der Waals surface area (Å²) < 4.78 is 12.8. The third-order valence-corrected chi connectivity index (χ3v) is 5.93. The van der Waals surface area contributed by atoms with E-state index in [1.807, 2.05) is 107 Å². The van der Waals surface area contributed by atoms with Crippen molar-refractivity contribution in [2.45, 2.75) is 46.4 Å². The first kappa shape index (κ1) is 25.8. The molecular weight excluding hydrogens is 466 g/mol. The standard InChI is InChI=1S/C30H33N3O4/c1-21-24-16-11-12-18-26(24)33(31-28(34)36-20-22-13-7-6-8-14-22)27(21)25-17-10-9-15-23(25)19-32(5)29(35)37-30(2,3)4/h6-18H,19-20H2,1-5H3,(H,31,34). The fourth-order valence-corrected chi connectivity index (χ4v) is 4.24. The zero-order valence-corrected chi connectivity index (χ0v) is 21.9. The molecule has 4 rings (SSSR count). The van der Waals surface area contributed by atoms with Crippen molar-refractivity contribution in [2.24, 2.45) is 0 Å². The van der Waals surface area contributed by atoms with Crippen molar-refractivity contribution < 1.29 is 19.1 Å². The summed E-state index contributed by atoms with van der Waals surface area (Å²) in [6.07, 6.45) is -0.962. The van der Waals surface area contributed by atoms with Crippen molar-refractivity contribution in [2.75, 3.05) is 12.5 Å². The molecule has 2 amide bonds. The molecule has 0 aliphatic heterocycles. The predicted octanol–water partition coefficient (Wildman–Crippen LogP) is 6.86. The Kier molecular flexibility index (Phi) is 7.53. The average molecular weight is 500 g/mol. The predicted molar refractivity (Wildman–Crippen MR) is 146 cm³/mol. The van der Waals surface area contributed by atoms with Crippen molar-refractivity contribution in [1.82, 2.24) is 9.58 Å². The highest BCUT2D eigenvalue weighted by Crippen LogP contribution is 2.35. The number of fused-ring (bicyclic) bond motifs is 1. The summed E-state index contributed by atoms with van der Waals surface area (Å²) in [5, 5.41) is 1.01. The Labute approximate surface area is 217 Å². The van der Waals surface area contributed by atoms with E-state index in [0.717, 1.165) is 38.9 Å². The second-order valence-electron chi connectivity index (χ2n) is 9.99. The first-order chi connectivity index (χ1) is 17.6. The lowest BCUT2D eigenvalue weighted by Gasteiger charge is -2.25. The number of carbonyl (C=O) groups is 2. The largest absolute Gasteiger partial charge is 0.444 e. The van der Waals surface area contributed by atoms with Crippen molar-refractivity contribution in [1.29, 1.82) is 0 Å². The molecule has 7 heteroatoms. The molecule has 0 radical (unpaired) electrons. The number of benzene rings is 3. The molecule has 4 aromatic rings. The number of ether oxygens (including phenoxy) is 2. The van der Waals surface area contributed by atoms with Crippen molar-refractivity contribution >= 4 is 23.1 Å². The van der Waals surface area contributed by atoms with E-state index in [2.05, 4.69) is 5.43 Å². The van der Waals surface area contributed by atoms with Crippen LogP contribution in [0.5, 0.6) is 0 Å². The van der Waals surface area contributed by atoms with Crippen molar-refractivity contribution in [3.05, 3.63) is 95.6 Å². The van der Waals surface area contributed by atoms with Crippen molar-refractivity contribution in [3.63, 3.8) is 0 Å². The van der Waals surface area contributed by atoms with E-state index in [0.29, 0.717) is 6.54 Å². The van der Waals surface area contributed by atoms with Gasteiger partial charge in [-0.1, -0.05) is 72.8 Å². The van der Waals surface area contributed by atoms with Gasteiger partial charge in [0, 0.05) is 24.5 Å². The molecule has 0 spiro atoms. The Morgan fingerprint density at radius 2 is 1.57 bits per heavy atom. The molecule has 0 saturated carbocycles. The molecule has 0 aliphatic rings. The van der Waals surface area contributed by atoms with Gasteiger partial charge in [0.25, 0.3) is 0 Å². The summed E-state index contributed by atoms with van der Waals surface area (Å²) in [4.78, 5) is 27.1. The molecule has 3 aromatic carbocycles. The lowest BCUT2D eigenvalue weighted by molar-refractivity contribution is 0.0285. The summed E-state index contributed by atoms with van der Waals surface area (Å²) in [6, 6.07) is 25.3. The molecule has 1 heterocycles. The van der Waals surface area contributed by atoms with Gasteiger partial charge >= 0.3 is 12.2 Å². The highest BCUT2D eigenvalue weighted by molar-refractivity contribution is 5.94. The zero-order valence-electron chi connectivity index (χ0n) is 21.9. The summed E-state index contributed by atoms with van der Waals surface area (Å²) in [6.45, 7) is 8.06. The van der Waals surface area contributed by atoms with Crippen LogP contribution >= 0.6 is 0 Å². The smallest absolute Gasteiger partial charge is 0.426 e. The first-order valence-electron chi connectivity index (χ1n) is 12.2. The lowest BCUT2D eigenvalue weighted by Crippen LogP contribution is -2.34. The van der Waals surface area contributed by atoms with E-state index in [4.69, 9.17) is 9.47 Å². The summed E-state index contributed by atoms with van der Waals surface area (Å²) in [5.74, 6) is 0. The SMILES string of the molecule is Cc1c(-c2ccccc2CN(C)C(=O)OC(C)(C)C)n(NC(=O)OCc2ccccc2)c2ccccc12. The minimum absolute atomic E-state index is 0.164. The molecule has 1 aromatic heterocycles. The van der Waals surface area contributed by atoms with Crippen molar-refractivity contribution in [3.8, 4) is 11.3 Å². The Hall–Kier alpha value is -4.26. The Balaban J connectivity index is 1.68. The van der Waals surface area contributed by atoms with Crippen LogP contribution in [-0.2, 0) is 22.6 Å². The summed E-state index contributed by atoms with van der Waals surface area (Å²) in [5.41, 5.74) is 7.74. The van der Waals surface area contributed by atoms with Crippen LogP contribution in [0.3, 0.4) is 0 Å². The number of rotatable bonds is 6. The summed E-state index contributed by atoms with van der Waals surface area (Å²) >= 11 is 0. The van der Waals surface area contributed by atoms with Crippen LogP contribution in [-0.4, -0.2) is 34.4 Å². The quantitative estimate of drug-likeness (QED) is 0.314.